The van der Waals surface area contributed by atoms with Gasteiger partial charge in [0, 0.05) is 12.0 Å². The molecule has 6 heteroatoms. The highest BCUT2D eigenvalue weighted by Crippen LogP contribution is 2.38. The van der Waals surface area contributed by atoms with E-state index in [0.717, 1.165) is 22.3 Å². The molecule has 0 amide bonds. The van der Waals surface area contributed by atoms with Crippen LogP contribution in [-0.4, -0.2) is 40.4 Å². The van der Waals surface area contributed by atoms with Gasteiger partial charge in [-0.1, -0.05) is 0 Å². The van der Waals surface area contributed by atoms with E-state index in [1.54, 1.807) is 14.2 Å². The van der Waals surface area contributed by atoms with Gasteiger partial charge in [-0.05, 0) is 37.5 Å². The summed E-state index contributed by atoms with van der Waals surface area (Å²) in [5.41, 5.74) is 3.41. The maximum absolute atomic E-state index is 11.9. The molecule has 0 bridgehead atoms. The van der Waals surface area contributed by atoms with Gasteiger partial charge in [0.15, 0.2) is 5.92 Å². The number of carbonyl (C=O) groups excluding carboxylic acids is 2. The molecule has 0 N–H and O–H groups in total. The molecule has 0 radical (unpaired) electrons. The lowest BCUT2D eigenvalue weighted by Crippen LogP contribution is -2.29. The predicted octanol–water partition coefficient (Wildman–Crippen LogP) is 2.13. The van der Waals surface area contributed by atoms with Crippen LogP contribution in [0.15, 0.2) is 0 Å². The van der Waals surface area contributed by atoms with Gasteiger partial charge in [0.05, 0.1) is 28.4 Å². The van der Waals surface area contributed by atoms with Crippen LogP contribution in [0.3, 0.4) is 0 Å². The first kappa shape index (κ1) is 18.8. The maximum Gasteiger partial charge on any atom is 0.320 e. The molecule has 0 heterocycles. The van der Waals surface area contributed by atoms with Gasteiger partial charge in [0.25, 0.3) is 0 Å². The Morgan fingerprint density at radius 1 is 0.783 bits per heavy atom. The molecule has 0 aromatic heterocycles. The maximum atomic E-state index is 11.9. The predicted molar refractivity (Wildman–Crippen MR) is 85.0 cm³/mol. The minimum Gasteiger partial charge on any atom is -0.496 e. The number of ether oxygens (including phenoxy) is 4. The van der Waals surface area contributed by atoms with Gasteiger partial charge in [-0.25, -0.2) is 0 Å². The summed E-state index contributed by atoms with van der Waals surface area (Å²) < 4.78 is 20.4. The van der Waals surface area contributed by atoms with Crippen LogP contribution in [0.2, 0.25) is 0 Å². The third kappa shape index (κ3) is 3.57. The van der Waals surface area contributed by atoms with Crippen molar-refractivity contribution in [2.24, 2.45) is 5.92 Å². The molecule has 6 nitrogen and oxygen atoms in total. The fourth-order valence-electron chi connectivity index (χ4n) is 2.74. The van der Waals surface area contributed by atoms with Gasteiger partial charge in [-0.15, -0.1) is 0 Å². The molecular formula is C17H24O6. The third-order valence-corrected chi connectivity index (χ3v) is 4.10. The highest BCUT2D eigenvalue weighted by molar-refractivity contribution is 5.95. The third-order valence-electron chi connectivity index (χ3n) is 4.10. The van der Waals surface area contributed by atoms with E-state index in [1.807, 2.05) is 20.8 Å². The van der Waals surface area contributed by atoms with Crippen LogP contribution in [0.5, 0.6) is 11.5 Å². The van der Waals surface area contributed by atoms with E-state index in [1.165, 1.54) is 14.2 Å². The van der Waals surface area contributed by atoms with Crippen molar-refractivity contribution in [3.63, 3.8) is 0 Å². The SMILES string of the molecule is COC(=O)C(Cc1c(C)c(OC)c(C)c(C)c1OC)C(=O)OC. The second-order valence-electron chi connectivity index (χ2n) is 5.22. The molecule has 1 rings (SSSR count). The number of benzene rings is 1. The fraction of sp³-hybridized carbons (Fsp3) is 0.529. The van der Waals surface area contributed by atoms with E-state index in [-0.39, 0.29) is 6.42 Å². The van der Waals surface area contributed by atoms with Crippen LogP contribution < -0.4 is 9.47 Å². The summed E-state index contributed by atoms with van der Waals surface area (Å²) in [5.74, 6) is -0.985. The number of rotatable bonds is 6. The Balaban J connectivity index is 3.48. The monoisotopic (exact) mass is 324 g/mol. The summed E-state index contributed by atoms with van der Waals surface area (Å²) in [6.07, 6.45) is 0.117. The summed E-state index contributed by atoms with van der Waals surface area (Å²) in [7, 11) is 5.62. The zero-order chi connectivity index (χ0) is 17.7. The van der Waals surface area contributed by atoms with Gasteiger partial charge in [-0.2, -0.15) is 0 Å². The lowest BCUT2D eigenvalue weighted by Gasteiger charge is -2.22. The summed E-state index contributed by atoms with van der Waals surface area (Å²) >= 11 is 0. The van der Waals surface area contributed by atoms with Crippen molar-refractivity contribution in [2.75, 3.05) is 28.4 Å². The zero-order valence-electron chi connectivity index (χ0n) is 14.7. The number of methoxy groups -OCH3 is 4. The Kier molecular flexibility index (Phi) is 6.42. The van der Waals surface area contributed by atoms with Crippen molar-refractivity contribution in [1.29, 1.82) is 0 Å². The molecule has 0 aliphatic heterocycles. The summed E-state index contributed by atoms with van der Waals surface area (Å²) in [4.78, 5) is 23.9. The van der Waals surface area contributed by atoms with E-state index >= 15 is 0 Å². The molecule has 0 atom stereocenters. The average molecular weight is 324 g/mol. The Morgan fingerprint density at radius 2 is 1.22 bits per heavy atom. The minimum absolute atomic E-state index is 0.117. The molecule has 0 fully saturated rings. The highest BCUT2D eigenvalue weighted by atomic mass is 16.5. The normalized spacial score (nSPS) is 10.4. The van der Waals surface area contributed by atoms with Crippen molar-refractivity contribution in [3.8, 4) is 11.5 Å². The van der Waals surface area contributed by atoms with Crippen LogP contribution in [0, 0.1) is 26.7 Å². The van der Waals surface area contributed by atoms with Crippen molar-refractivity contribution >= 4 is 11.9 Å². The number of carbonyl (C=O) groups is 2. The molecule has 0 aliphatic carbocycles. The molecular weight excluding hydrogens is 300 g/mol. The Labute approximate surface area is 136 Å². The average Bonchev–Trinajstić information content (AvgIpc) is 2.56. The van der Waals surface area contributed by atoms with Crippen molar-refractivity contribution < 1.29 is 28.5 Å². The quantitative estimate of drug-likeness (QED) is 0.590. The Bertz CT molecular complexity index is 590. The largest absolute Gasteiger partial charge is 0.496 e. The number of hydrogen-bond donors (Lipinski definition) is 0. The standard InChI is InChI=1S/C17H24O6/c1-9-10(2)15(21-5)12(11(3)14(9)20-4)8-13(16(18)22-6)17(19)23-7/h13H,8H2,1-7H3. The van der Waals surface area contributed by atoms with Crippen LogP contribution in [0.4, 0.5) is 0 Å². The van der Waals surface area contributed by atoms with Gasteiger partial charge in [-0.3, -0.25) is 9.59 Å². The summed E-state index contributed by atoms with van der Waals surface area (Å²) in [6, 6.07) is 0. The number of hydrogen-bond acceptors (Lipinski definition) is 6. The Hall–Kier alpha value is -2.24. The smallest absolute Gasteiger partial charge is 0.320 e. The molecule has 23 heavy (non-hydrogen) atoms. The van der Waals surface area contributed by atoms with Crippen molar-refractivity contribution in [1.82, 2.24) is 0 Å². The molecule has 1 aromatic carbocycles. The van der Waals surface area contributed by atoms with E-state index in [4.69, 9.17) is 18.9 Å². The van der Waals surface area contributed by atoms with Crippen LogP contribution in [-0.2, 0) is 25.5 Å². The summed E-state index contributed by atoms with van der Waals surface area (Å²) in [6.45, 7) is 5.71. The Morgan fingerprint density at radius 3 is 1.61 bits per heavy atom. The molecule has 0 spiro atoms. The summed E-state index contributed by atoms with van der Waals surface area (Å²) in [5, 5.41) is 0. The molecule has 0 unspecified atom stereocenters. The van der Waals surface area contributed by atoms with Gasteiger partial charge in [0.2, 0.25) is 0 Å². The highest BCUT2D eigenvalue weighted by Gasteiger charge is 2.32. The second kappa shape index (κ2) is 7.85. The van der Waals surface area contributed by atoms with Gasteiger partial charge >= 0.3 is 11.9 Å². The lowest BCUT2D eigenvalue weighted by atomic mass is 9.90. The fourth-order valence-corrected chi connectivity index (χ4v) is 2.74. The number of esters is 2. The zero-order valence-corrected chi connectivity index (χ0v) is 14.7. The van der Waals surface area contributed by atoms with E-state index in [0.29, 0.717) is 11.5 Å². The molecule has 0 saturated carbocycles. The van der Waals surface area contributed by atoms with Crippen LogP contribution in [0.25, 0.3) is 0 Å². The van der Waals surface area contributed by atoms with Crippen LogP contribution >= 0.6 is 0 Å². The van der Waals surface area contributed by atoms with Crippen LogP contribution in [0.1, 0.15) is 22.3 Å². The first-order chi connectivity index (χ1) is 10.8. The first-order valence-corrected chi connectivity index (χ1v) is 7.20. The first-order valence-electron chi connectivity index (χ1n) is 7.20. The van der Waals surface area contributed by atoms with E-state index in [2.05, 4.69) is 0 Å². The van der Waals surface area contributed by atoms with Crippen molar-refractivity contribution in [2.45, 2.75) is 27.2 Å². The molecule has 1 aromatic rings. The molecule has 0 saturated heterocycles. The van der Waals surface area contributed by atoms with Gasteiger partial charge < -0.3 is 18.9 Å². The van der Waals surface area contributed by atoms with E-state index in [9.17, 15) is 9.59 Å². The topological polar surface area (TPSA) is 71.1 Å². The minimum atomic E-state index is -1.05. The van der Waals surface area contributed by atoms with Crippen molar-refractivity contribution in [3.05, 3.63) is 22.3 Å². The molecule has 128 valence electrons. The molecule has 0 aliphatic rings. The van der Waals surface area contributed by atoms with Gasteiger partial charge in [0.1, 0.15) is 11.5 Å². The second-order valence-corrected chi connectivity index (χ2v) is 5.22. The van der Waals surface area contributed by atoms with E-state index < -0.39 is 17.9 Å². The lowest BCUT2D eigenvalue weighted by molar-refractivity contribution is -0.158.